The zero-order valence-corrected chi connectivity index (χ0v) is 17.3. The smallest absolute Gasteiger partial charge is 0.260 e. The molecule has 29 heavy (non-hydrogen) atoms. The Kier molecular flexibility index (Phi) is 5.73. The van der Waals surface area contributed by atoms with E-state index in [0.29, 0.717) is 40.3 Å². The number of nitrogens with zero attached hydrogens (tertiary/aromatic N) is 4. The maximum absolute atomic E-state index is 13.2. The molecule has 0 bridgehead atoms. The predicted octanol–water partition coefficient (Wildman–Crippen LogP) is 4.04. The lowest BCUT2D eigenvalue weighted by Gasteiger charge is -2.22. The Hall–Kier alpha value is -2.58. The molecule has 1 unspecified atom stereocenters. The molecule has 1 aliphatic rings. The lowest BCUT2D eigenvalue weighted by Crippen LogP contribution is -2.41. The van der Waals surface area contributed by atoms with Crippen LogP contribution in [0.3, 0.4) is 0 Å². The molecule has 2 aromatic heterocycles. The normalized spacial score (nSPS) is 17.4. The van der Waals surface area contributed by atoms with E-state index in [1.54, 1.807) is 41.2 Å². The molecule has 7 nitrogen and oxygen atoms in total. The van der Waals surface area contributed by atoms with Gasteiger partial charge in [-0.05, 0) is 49.2 Å². The van der Waals surface area contributed by atoms with Crippen LogP contribution in [-0.2, 0) is 11.8 Å². The minimum Gasteiger partial charge on any atom is -0.461 e. The van der Waals surface area contributed by atoms with Gasteiger partial charge >= 0.3 is 0 Å². The summed E-state index contributed by atoms with van der Waals surface area (Å²) in [5.74, 6) is 0.703. The largest absolute Gasteiger partial charge is 0.461 e. The second kappa shape index (κ2) is 8.42. The Labute approximate surface area is 177 Å². The zero-order valence-electron chi connectivity index (χ0n) is 15.7. The van der Waals surface area contributed by atoms with Gasteiger partial charge in [-0.3, -0.25) is 14.5 Å². The number of hydrogen-bond acceptors (Lipinski definition) is 6. The van der Waals surface area contributed by atoms with Crippen LogP contribution in [0.1, 0.15) is 29.6 Å². The van der Waals surface area contributed by atoms with Gasteiger partial charge in [0.2, 0.25) is 5.91 Å². The van der Waals surface area contributed by atoms with E-state index >= 15 is 0 Å². The van der Waals surface area contributed by atoms with Crippen molar-refractivity contribution in [2.75, 3.05) is 6.54 Å². The first kappa shape index (κ1) is 19.7. The summed E-state index contributed by atoms with van der Waals surface area (Å²) in [4.78, 5) is 27.4. The number of hydrogen-bond donors (Lipinski definition) is 0. The number of carbonyl (C=O) groups excluding carboxylic acids is 2. The zero-order chi connectivity index (χ0) is 20.4. The summed E-state index contributed by atoms with van der Waals surface area (Å²) in [5, 5.41) is 9.14. The molecule has 2 amide bonds. The summed E-state index contributed by atoms with van der Waals surface area (Å²) >= 11 is 7.24. The second-order valence-electron chi connectivity index (χ2n) is 6.75. The fourth-order valence-corrected chi connectivity index (χ4v) is 4.46. The van der Waals surface area contributed by atoms with E-state index in [-0.39, 0.29) is 11.8 Å². The first-order chi connectivity index (χ1) is 14.0. The molecule has 9 heteroatoms. The van der Waals surface area contributed by atoms with E-state index in [0.717, 1.165) is 12.8 Å². The number of aromatic nitrogens is 3. The maximum atomic E-state index is 13.2. The van der Waals surface area contributed by atoms with Crippen molar-refractivity contribution in [3.05, 3.63) is 53.2 Å². The van der Waals surface area contributed by atoms with E-state index in [1.165, 1.54) is 16.7 Å². The third-order valence-electron chi connectivity index (χ3n) is 4.80. The van der Waals surface area contributed by atoms with Crippen molar-refractivity contribution in [1.82, 2.24) is 19.7 Å². The lowest BCUT2D eigenvalue weighted by atomic mass is 10.2. The van der Waals surface area contributed by atoms with Crippen molar-refractivity contribution >= 4 is 35.2 Å². The molecule has 0 spiro atoms. The average Bonchev–Trinajstić information content (AvgIpc) is 3.32. The minimum atomic E-state index is -0.402. The predicted molar refractivity (Wildman–Crippen MR) is 110 cm³/mol. The fourth-order valence-electron chi connectivity index (χ4n) is 3.23. The highest BCUT2D eigenvalue weighted by Crippen LogP contribution is 2.31. The van der Waals surface area contributed by atoms with E-state index in [4.69, 9.17) is 16.0 Å². The Morgan fingerprint density at radius 1 is 1.21 bits per heavy atom. The standard InChI is InChI=1S/C20H19ClN4O3S/c1-24-17(15-5-4-12-28-15)22-23-20(24)29-16-6-2-3-11-25(19(16)27)18(26)13-7-9-14(21)10-8-13/h4-5,7-10,12,16H,2-3,6,11H2,1H3. The summed E-state index contributed by atoms with van der Waals surface area (Å²) in [6.45, 7) is 0.411. The third kappa shape index (κ3) is 4.09. The molecule has 1 atom stereocenters. The van der Waals surface area contributed by atoms with E-state index in [9.17, 15) is 9.59 Å². The molecule has 3 aromatic rings. The molecule has 1 aromatic carbocycles. The van der Waals surface area contributed by atoms with Gasteiger partial charge in [0.15, 0.2) is 16.7 Å². The quantitative estimate of drug-likeness (QED) is 0.581. The van der Waals surface area contributed by atoms with Gasteiger partial charge < -0.3 is 8.98 Å². The van der Waals surface area contributed by atoms with Crippen LogP contribution in [0.15, 0.2) is 52.2 Å². The Bertz CT molecular complexity index is 1020. The van der Waals surface area contributed by atoms with E-state index in [2.05, 4.69) is 10.2 Å². The molecule has 0 radical (unpaired) electrons. The van der Waals surface area contributed by atoms with Gasteiger partial charge in [-0.15, -0.1) is 10.2 Å². The summed E-state index contributed by atoms with van der Waals surface area (Å²) in [7, 11) is 1.83. The number of likely N-dealkylation sites (tertiary alicyclic amines) is 1. The van der Waals surface area contributed by atoms with Crippen molar-refractivity contribution < 1.29 is 14.0 Å². The highest BCUT2D eigenvalue weighted by Gasteiger charge is 2.33. The second-order valence-corrected chi connectivity index (χ2v) is 8.35. The molecule has 1 aliphatic heterocycles. The van der Waals surface area contributed by atoms with Crippen LogP contribution in [0.5, 0.6) is 0 Å². The van der Waals surface area contributed by atoms with Crippen LogP contribution in [0.4, 0.5) is 0 Å². The van der Waals surface area contributed by atoms with Crippen molar-refractivity contribution in [2.45, 2.75) is 29.7 Å². The van der Waals surface area contributed by atoms with Crippen LogP contribution < -0.4 is 0 Å². The highest BCUT2D eigenvalue weighted by atomic mass is 35.5. The molecule has 1 saturated heterocycles. The Morgan fingerprint density at radius 3 is 2.72 bits per heavy atom. The number of halogens is 1. The summed E-state index contributed by atoms with van der Waals surface area (Å²) in [6, 6.07) is 10.2. The van der Waals surface area contributed by atoms with Gasteiger partial charge in [-0.25, -0.2) is 0 Å². The summed E-state index contributed by atoms with van der Waals surface area (Å²) in [6.07, 6.45) is 3.89. The van der Waals surface area contributed by atoms with E-state index in [1.807, 2.05) is 13.1 Å². The molecule has 4 rings (SSSR count). The SMILES string of the molecule is Cn1c(SC2CCCCN(C(=O)c3ccc(Cl)cc3)C2=O)nnc1-c1ccco1. The molecular formula is C20H19ClN4O3S. The fraction of sp³-hybridized carbons (Fsp3) is 0.300. The molecule has 3 heterocycles. The van der Waals surface area contributed by atoms with Crippen LogP contribution >= 0.6 is 23.4 Å². The monoisotopic (exact) mass is 430 g/mol. The first-order valence-electron chi connectivity index (χ1n) is 9.26. The number of benzene rings is 1. The van der Waals surface area contributed by atoms with Crippen molar-refractivity contribution in [3.63, 3.8) is 0 Å². The van der Waals surface area contributed by atoms with Crippen molar-refractivity contribution in [1.29, 1.82) is 0 Å². The first-order valence-corrected chi connectivity index (χ1v) is 10.5. The number of imide groups is 1. The topological polar surface area (TPSA) is 81.2 Å². The third-order valence-corrected chi connectivity index (χ3v) is 6.34. The van der Waals surface area contributed by atoms with Gasteiger partial charge in [-0.1, -0.05) is 29.8 Å². The van der Waals surface area contributed by atoms with Crippen LogP contribution in [0.25, 0.3) is 11.6 Å². The number of thioether (sulfide) groups is 1. The summed E-state index contributed by atoms with van der Waals surface area (Å²) < 4.78 is 7.19. The van der Waals surface area contributed by atoms with Crippen molar-refractivity contribution in [2.24, 2.45) is 7.05 Å². The molecule has 0 saturated carbocycles. The number of rotatable bonds is 4. The molecule has 0 aliphatic carbocycles. The van der Waals surface area contributed by atoms with Crippen LogP contribution in [-0.4, -0.2) is 43.3 Å². The van der Waals surface area contributed by atoms with E-state index < -0.39 is 5.25 Å². The Morgan fingerprint density at radius 2 is 2.00 bits per heavy atom. The average molecular weight is 431 g/mol. The molecule has 150 valence electrons. The number of furan rings is 1. The number of carbonyl (C=O) groups is 2. The van der Waals surface area contributed by atoms with Gasteiger partial charge in [0.25, 0.3) is 5.91 Å². The molecule has 0 N–H and O–H groups in total. The van der Waals surface area contributed by atoms with Gasteiger partial charge in [-0.2, -0.15) is 0 Å². The van der Waals surface area contributed by atoms with Gasteiger partial charge in [0, 0.05) is 24.2 Å². The van der Waals surface area contributed by atoms with Gasteiger partial charge in [0.05, 0.1) is 11.5 Å². The van der Waals surface area contributed by atoms with Crippen molar-refractivity contribution in [3.8, 4) is 11.6 Å². The maximum Gasteiger partial charge on any atom is 0.260 e. The van der Waals surface area contributed by atoms with Crippen LogP contribution in [0, 0.1) is 0 Å². The molecular weight excluding hydrogens is 412 g/mol. The minimum absolute atomic E-state index is 0.199. The molecule has 1 fully saturated rings. The van der Waals surface area contributed by atoms with Gasteiger partial charge in [0.1, 0.15) is 0 Å². The lowest BCUT2D eigenvalue weighted by molar-refractivity contribution is -0.127. The van der Waals surface area contributed by atoms with Crippen LogP contribution in [0.2, 0.25) is 5.02 Å². The number of amides is 2. The summed E-state index contributed by atoms with van der Waals surface area (Å²) in [5.41, 5.74) is 0.451. The highest BCUT2D eigenvalue weighted by molar-refractivity contribution is 8.00. The Balaban J connectivity index is 1.54.